The molecular weight excluding hydrogens is 443 g/mol. The van der Waals surface area contributed by atoms with Crippen molar-refractivity contribution in [2.75, 3.05) is 0 Å². The van der Waals surface area contributed by atoms with E-state index < -0.39 is 68.1 Å². The lowest BCUT2D eigenvalue weighted by Crippen LogP contribution is -2.50. The minimum Gasteiger partial charge on any atom is -0.317 e. The Hall–Kier alpha value is -0.710. The van der Waals surface area contributed by atoms with Gasteiger partial charge in [0, 0.05) is 12.8 Å². The minimum atomic E-state index is -4.90. The first-order valence-electron chi connectivity index (χ1n) is 10.7. The van der Waals surface area contributed by atoms with Gasteiger partial charge in [0.1, 0.15) is 30.6 Å². The standard InChI is InChI=1S/C20H27F9O2/c21-12-8-15(23)18(16(24)9-12)19(25,26)30-13-4-1-10(2-5-13)11-3-6-17(14(22)7-11)31-20(27,28)29/h10-18H,1-9H2. The monoisotopic (exact) mass is 470 g/mol. The van der Waals surface area contributed by atoms with E-state index in [9.17, 15) is 39.5 Å². The van der Waals surface area contributed by atoms with Gasteiger partial charge in [-0.05, 0) is 56.8 Å². The van der Waals surface area contributed by atoms with Gasteiger partial charge in [0.05, 0.1) is 12.2 Å². The first kappa shape index (κ1) is 24.9. The van der Waals surface area contributed by atoms with E-state index in [0.717, 1.165) is 0 Å². The first-order chi connectivity index (χ1) is 14.4. The van der Waals surface area contributed by atoms with E-state index in [0.29, 0.717) is 19.3 Å². The summed E-state index contributed by atoms with van der Waals surface area (Å²) in [6, 6.07) is 0. The summed E-state index contributed by atoms with van der Waals surface area (Å²) in [6.07, 6.45) is -20.0. The van der Waals surface area contributed by atoms with Gasteiger partial charge >= 0.3 is 12.5 Å². The Morgan fingerprint density at radius 2 is 1.13 bits per heavy atom. The summed E-state index contributed by atoms with van der Waals surface area (Å²) < 4.78 is 130. The molecule has 0 amide bonds. The molecule has 0 aromatic rings. The quantitative estimate of drug-likeness (QED) is 0.421. The molecule has 0 heterocycles. The van der Waals surface area contributed by atoms with Crippen LogP contribution in [0.3, 0.4) is 0 Å². The van der Waals surface area contributed by atoms with Crippen molar-refractivity contribution in [1.82, 2.24) is 0 Å². The third kappa shape index (κ3) is 6.42. The lowest BCUT2D eigenvalue weighted by Gasteiger charge is -2.41. The van der Waals surface area contributed by atoms with Crippen LogP contribution >= 0.6 is 0 Å². The normalized spacial score (nSPS) is 43.1. The van der Waals surface area contributed by atoms with Crippen LogP contribution in [0.2, 0.25) is 0 Å². The third-order valence-corrected chi connectivity index (χ3v) is 6.88. The maximum absolute atomic E-state index is 14.4. The molecule has 3 aliphatic rings. The van der Waals surface area contributed by atoms with Crippen molar-refractivity contribution in [2.45, 2.75) is 107 Å². The third-order valence-electron chi connectivity index (χ3n) is 6.88. The molecule has 0 radical (unpaired) electrons. The maximum Gasteiger partial charge on any atom is 0.522 e. The fourth-order valence-electron chi connectivity index (χ4n) is 5.35. The number of alkyl halides is 9. The van der Waals surface area contributed by atoms with E-state index in [1.54, 1.807) is 0 Å². The Balaban J connectivity index is 1.48. The lowest BCUT2D eigenvalue weighted by atomic mass is 9.72. The van der Waals surface area contributed by atoms with Crippen LogP contribution in [0.25, 0.3) is 0 Å². The van der Waals surface area contributed by atoms with Crippen LogP contribution in [0.1, 0.15) is 57.8 Å². The van der Waals surface area contributed by atoms with E-state index >= 15 is 0 Å². The summed E-state index contributed by atoms with van der Waals surface area (Å²) >= 11 is 0. The van der Waals surface area contributed by atoms with Crippen LogP contribution in [0.15, 0.2) is 0 Å². The van der Waals surface area contributed by atoms with Gasteiger partial charge in [-0.25, -0.2) is 17.6 Å². The summed E-state index contributed by atoms with van der Waals surface area (Å²) in [5.74, 6) is -2.59. The van der Waals surface area contributed by atoms with Crippen LogP contribution < -0.4 is 0 Å². The minimum absolute atomic E-state index is 0.0524. The van der Waals surface area contributed by atoms with E-state index in [-0.39, 0.29) is 37.5 Å². The van der Waals surface area contributed by atoms with Crippen molar-refractivity contribution >= 4 is 0 Å². The highest BCUT2D eigenvalue weighted by atomic mass is 19.4. The Morgan fingerprint density at radius 1 is 0.581 bits per heavy atom. The molecule has 3 aliphatic carbocycles. The molecule has 31 heavy (non-hydrogen) atoms. The summed E-state index contributed by atoms with van der Waals surface area (Å²) in [5, 5.41) is 0. The number of hydrogen-bond donors (Lipinski definition) is 0. The van der Waals surface area contributed by atoms with Crippen molar-refractivity contribution < 1.29 is 49.0 Å². The molecule has 0 aromatic heterocycles. The number of ether oxygens (including phenoxy) is 2. The van der Waals surface area contributed by atoms with Crippen LogP contribution in [0.4, 0.5) is 39.5 Å². The highest BCUT2D eigenvalue weighted by Gasteiger charge is 2.55. The zero-order chi connectivity index (χ0) is 23.0. The molecular formula is C20H27F9O2. The number of halogens is 9. The van der Waals surface area contributed by atoms with Gasteiger partial charge in [-0.1, -0.05) is 0 Å². The Bertz CT molecular complexity index is 567. The number of hydrogen-bond acceptors (Lipinski definition) is 2. The van der Waals surface area contributed by atoms with Crippen molar-refractivity contribution in [3.05, 3.63) is 0 Å². The second kappa shape index (κ2) is 9.65. The van der Waals surface area contributed by atoms with Crippen LogP contribution in [0.5, 0.6) is 0 Å². The van der Waals surface area contributed by atoms with Gasteiger partial charge in [-0.3, -0.25) is 4.74 Å². The van der Waals surface area contributed by atoms with Gasteiger partial charge in [0.15, 0.2) is 0 Å². The van der Waals surface area contributed by atoms with Gasteiger partial charge < -0.3 is 4.74 Å². The Labute approximate surface area is 174 Å². The molecule has 0 aromatic carbocycles. The summed E-state index contributed by atoms with van der Waals surface area (Å²) in [5.41, 5.74) is 0. The summed E-state index contributed by atoms with van der Waals surface area (Å²) in [4.78, 5) is 0. The Kier molecular flexibility index (Phi) is 7.76. The second-order valence-corrected chi connectivity index (χ2v) is 9.03. The molecule has 5 atom stereocenters. The Morgan fingerprint density at radius 3 is 1.65 bits per heavy atom. The average molecular weight is 470 g/mol. The summed E-state index contributed by atoms with van der Waals surface area (Å²) in [6.45, 7) is 0. The largest absolute Gasteiger partial charge is 0.522 e. The molecule has 2 nitrogen and oxygen atoms in total. The SMILES string of the molecule is FC1CC(F)C(C(F)(F)OC2CCC(C3CCC(OC(F)(F)F)C(F)C3)CC2)C(F)C1. The predicted molar refractivity (Wildman–Crippen MR) is 92.4 cm³/mol. The molecule has 3 rings (SSSR count). The molecule has 182 valence electrons. The highest BCUT2D eigenvalue weighted by molar-refractivity contribution is 4.92. The lowest BCUT2D eigenvalue weighted by molar-refractivity contribution is -0.352. The molecule has 0 saturated heterocycles. The molecule has 0 aliphatic heterocycles. The molecule has 0 bridgehead atoms. The molecule has 5 unspecified atom stereocenters. The molecule has 0 N–H and O–H groups in total. The van der Waals surface area contributed by atoms with Gasteiger partial charge in [0.2, 0.25) is 0 Å². The first-order valence-corrected chi connectivity index (χ1v) is 10.7. The van der Waals surface area contributed by atoms with Crippen molar-refractivity contribution in [3.8, 4) is 0 Å². The predicted octanol–water partition coefficient (Wildman–Crippen LogP) is 6.62. The smallest absolute Gasteiger partial charge is 0.317 e. The van der Waals surface area contributed by atoms with Gasteiger partial charge in [-0.15, -0.1) is 13.2 Å². The molecule has 3 fully saturated rings. The van der Waals surface area contributed by atoms with E-state index in [2.05, 4.69) is 4.74 Å². The molecule has 3 saturated carbocycles. The average Bonchev–Trinajstić information content (AvgIpc) is 2.61. The van der Waals surface area contributed by atoms with Crippen molar-refractivity contribution in [2.24, 2.45) is 17.8 Å². The van der Waals surface area contributed by atoms with Crippen LogP contribution in [0, 0.1) is 17.8 Å². The zero-order valence-corrected chi connectivity index (χ0v) is 16.8. The van der Waals surface area contributed by atoms with Crippen LogP contribution in [-0.4, -0.2) is 49.4 Å². The maximum atomic E-state index is 14.4. The highest BCUT2D eigenvalue weighted by Crippen LogP contribution is 2.46. The molecule has 0 spiro atoms. The molecule has 11 heteroatoms. The zero-order valence-electron chi connectivity index (χ0n) is 16.8. The number of rotatable bonds is 5. The second-order valence-electron chi connectivity index (χ2n) is 9.03. The van der Waals surface area contributed by atoms with Crippen molar-refractivity contribution in [3.63, 3.8) is 0 Å². The topological polar surface area (TPSA) is 18.5 Å². The van der Waals surface area contributed by atoms with Gasteiger partial charge in [0.25, 0.3) is 0 Å². The van der Waals surface area contributed by atoms with Gasteiger partial charge in [-0.2, -0.15) is 8.78 Å². The van der Waals surface area contributed by atoms with E-state index in [1.165, 1.54) is 0 Å². The fourth-order valence-corrected chi connectivity index (χ4v) is 5.35. The van der Waals surface area contributed by atoms with E-state index in [1.807, 2.05) is 0 Å². The summed E-state index contributed by atoms with van der Waals surface area (Å²) in [7, 11) is 0. The van der Waals surface area contributed by atoms with E-state index in [4.69, 9.17) is 4.74 Å². The van der Waals surface area contributed by atoms with Crippen LogP contribution in [-0.2, 0) is 9.47 Å². The van der Waals surface area contributed by atoms with Crippen molar-refractivity contribution in [1.29, 1.82) is 0 Å². The fraction of sp³-hybridized carbons (Fsp3) is 1.00.